The second kappa shape index (κ2) is 8.15. The summed E-state index contributed by atoms with van der Waals surface area (Å²) in [6.45, 7) is 7.93. The number of carbonyl (C=O) groups excluding carboxylic acids is 1. The minimum absolute atomic E-state index is 0.0783. The van der Waals surface area contributed by atoms with Crippen LogP contribution in [0.2, 0.25) is 0 Å². The van der Waals surface area contributed by atoms with E-state index in [4.69, 9.17) is 10.5 Å². The number of carbonyl (C=O) groups is 1. The smallest absolute Gasteiger partial charge is 0.237 e. The number of amides is 1. The van der Waals surface area contributed by atoms with E-state index in [-0.39, 0.29) is 5.91 Å². The Labute approximate surface area is 132 Å². The summed E-state index contributed by atoms with van der Waals surface area (Å²) >= 11 is 0. The van der Waals surface area contributed by atoms with Gasteiger partial charge in [0.25, 0.3) is 0 Å². The maximum atomic E-state index is 12.1. The van der Waals surface area contributed by atoms with Crippen LogP contribution in [0.1, 0.15) is 25.8 Å². The summed E-state index contributed by atoms with van der Waals surface area (Å²) in [4.78, 5) is 14.4. The maximum Gasteiger partial charge on any atom is 0.237 e. The summed E-state index contributed by atoms with van der Waals surface area (Å²) in [5, 5.41) is 2.96. The van der Waals surface area contributed by atoms with Crippen LogP contribution in [0, 0.1) is 5.92 Å². The number of hydrogen-bond acceptors (Lipinski definition) is 4. The van der Waals surface area contributed by atoms with Crippen LogP contribution in [-0.4, -0.2) is 38.3 Å². The molecule has 22 heavy (non-hydrogen) atoms. The number of anilines is 1. The highest BCUT2D eigenvalue weighted by Gasteiger charge is 2.17. The zero-order valence-corrected chi connectivity index (χ0v) is 13.5. The molecule has 1 aromatic carbocycles. The van der Waals surface area contributed by atoms with Crippen LogP contribution in [-0.2, 0) is 16.1 Å². The van der Waals surface area contributed by atoms with Gasteiger partial charge in [-0.3, -0.25) is 4.79 Å². The zero-order valence-electron chi connectivity index (χ0n) is 13.5. The molecule has 0 saturated carbocycles. The van der Waals surface area contributed by atoms with Crippen molar-refractivity contribution in [3.05, 3.63) is 29.8 Å². The lowest BCUT2D eigenvalue weighted by Gasteiger charge is -2.30. The van der Waals surface area contributed by atoms with Gasteiger partial charge in [0.15, 0.2) is 0 Å². The SMILES string of the molecule is CC(C)C[C@H](N)C(=O)NCc1ccccc1N1CCOCC1. The summed E-state index contributed by atoms with van der Waals surface area (Å²) in [5.41, 5.74) is 8.21. The van der Waals surface area contributed by atoms with E-state index in [1.165, 1.54) is 5.69 Å². The van der Waals surface area contributed by atoms with Gasteiger partial charge in [0, 0.05) is 25.3 Å². The molecule has 122 valence electrons. The third-order valence-corrected chi connectivity index (χ3v) is 3.86. The van der Waals surface area contributed by atoms with Crippen LogP contribution in [0.3, 0.4) is 0 Å². The largest absolute Gasteiger partial charge is 0.378 e. The normalized spacial score (nSPS) is 16.6. The fourth-order valence-electron chi connectivity index (χ4n) is 2.70. The Balaban J connectivity index is 1.96. The predicted molar refractivity (Wildman–Crippen MR) is 88.8 cm³/mol. The topological polar surface area (TPSA) is 67.6 Å². The van der Waals surface area contributed by atoms with E-state index >= 15 is 0 Å². The summed E-state index contributed by atoms with van der Waals surface area (Å²) in [7, 11) is 0. The molecule has 0 spiro atoms. The van der Waals surface area contributed by atoms with Crippen molar-refractivity contribution in [3.8, 4) is 0 Å². The highest BCUT2D eigenvalue weighted by molar-refractivity contribution is 5.81. The Kier molecular flexibility index (Phi) is 6.21. The second-order valence-corrected chi connectivity index (χ2v) is 6.18. The minimum Gasteiger partial charge on any atom is -0.378 e. The fraction of sp³-hybridized carbons (Fsp3) is 0.588. The maximum absolute atomic E-state index is 12.1. The number of nitrogens with zero attached hydrogens (tertiary/aromatic N) is 1. The number of ether oxygens (including phenoxy) is 1. The molecule has 0 radical (unpaired) electrons. The number of nitrogens with two attached hydrogens (primary N) is 1. The van der Waals surface area contributed by atoms with E-state index in [2.05, 4.69) is 36.2 Å². The van der Waals surface area contributed by atoms with E-state index in [9.17, 15) is 4.79 Å². The van der Waals surface area contributed by atoms with Crippen molar-refractivity contribution in [2.45, 2.75) is 32.9 Å². The molecule has 0 aromatic heterocycles. The Morgan fingerprint density at radius 1 is 1.32 bits per heavy atom. The summed E-state index contributed by atoms with van der Waals surface area (Å²) in [5.74, 6) is 0.340. The molecule has 1 fully saturated rings. The lowest BCUT2D eigenvalue weighted by molar-refractivity contribution is -0.122. The number of para-hydroxylation sites is 1. The molecule has 1 saturated heterocycles. The van der Waals surface area contributed by atoms with Crippen LogP contribution in [0.25, 0.3) is 0 Å². The van der Waals surface area contributed by atoms with Gasteiger partial charge >= 0.3 is 0 Å². The fourth-order valence-corrected chi connectivity index (χ4v) is 2.70. The number of morpholine rings is 1. The van der Waals surface area contributed by atoms with Crippen LogP contribution < -0.4 is 16.0 Å². The van der Waals surface area contributed by atoms with Gasteiger partial charge in [-0.15, -0.1) is 0 Å². The molecule has 0 bridgehead atoms. The standard InChI is InChI=1S/C17H27N3O2/c1-13(2)11-15(18)17(21)19-12-14-5-3-4-6-16(14)20-7-9-22-10-8-20/h3-6,13,15H,7-12,18H2,1-2H3,(H,19,21)/t15-/m0/s1. The summed E-state index contributed by atoms with van der Waals surface area (Å²) < 4.78 is 5.40. The predicted octanol–water partition coefficient (Wildman–Crippen LogP) is 1.51. The van der Waals surface area contributed by atoms with Gasteiger partial charge in [-0.2, -0.15) is 0 Å². The average Bonchev–Trinajstić information content (AvgIpc) is 2.53. The zero-order chi connectivity index (χ0) is 15.9. The third-order valence-electron chi connectivity index (χ3n) is 3.86. The minimum atomic E-state index is -0.435. The van der Waals surface area contributed by atoms with Crippen LogP contribution >= 0.6 is 0 Å². The molecule has 2 rings (SSSR count). The van der Waals surface area contributed by atoms with Crippen molar-refractivity contribution in [2.75, 3.05) is 31.2 Å². The third kappa shape index (κ3) is 4.71. The first-order chi connectivity index (χ1) is 10.6. The Hall–Kier alpha value is -1.59. The molecule has 1 aromatic rings. The van der Waals surface area contributed by atoms with Gasteiger partial charge in [-0.1, -0.05) is 32.0 Å². The van der Waals surface area contributed by atoms with E-state index in [0.717, 1.165) is 31.9 Å². The second-order valence-electron chi connectivity index (χ2n) is 6.18. The molecule has 5 heteroatoms. The first kappa shape index (κ1) is 16.8. The highest BCUT2D eigenvalue weighted by atomic mass is 16.5. The summed E-state index contributed by atoms with van der Waals surface area (Å²) in [6.07, 6.45) is 0.705. The van der Waals surface area contributed by atoms with Crippen molar-refractivity contribution < 1.29 is 9.53 Å². The van der Waals surface area contributed by atoms with Crippen molar-refractivity contribution in [2.24, 2.45) is 11.7 Å². The van der Waals surface area contributed by atoms with Crippen molar-refractivity contribution in [1.82, 2.24) is 5.32 Å². The van der Waals surface area contributed by atoms with Crippen LogP contribution in [0.4, 0.5) is 5.69 Å². The number of nitrogens with one attached hydrogen (secondary N) is 1. The Morgan fingerprint density at radius 3 is 2.68 bits per heavy atom. The monoisotopic (exact) mass is 305 g/mol. The molecule has 3 N–H and O–H groups in total. The summed E-state index contributed by atoms with van der Waals surface area (Å²) in [6, 6.07) is 7.75. The molecular formula is C17H27N3O2. The van der Waals surface area contributed by atoms with Gasteiger partial charge < -0.3 is 20.7 Å². The van der Waals surface area contributed by atoms with E-state index in [1.54, 1.807) is 0 Å². The quantitative estimate of drug-likeness (QED) is 0.836. The van der Waals surface area contributed by atoms with Crippen molar-refractivity contribution in [3.63, 3.8) is 0 Å². The first-order valence-electron chi connectivity index (χ1n) is 8.02. The molecule has 1 atom stereocenters. The van der Waals surface area contributed by atoms with Crippen LogP contribution in [0.5, 0.6) is 0 Å². The van der Waals surface area contributed by atoms with Gasteiger partial charge in [-0.25, -0.2) is 0 Å². The van der Waals surface area contributed by atoms with Gasteiger partial charge in [0.1, 0.15) is 0 Å². The van der Waals surface area contributed by atoms with Crippen molar-refractivity contribution >= 4 is 11.6 Å². The lowest BCUT2D eigenvalue weighted by Crippen LogP contribution is -2.41. The molecule has 0 unspecified atom stereocenters. The Bertz CT molecular complexity index is 485. The van der Waals surface area contributed by atoms with Gasteiger partial charge in [0.2, 0.25) is 5.91 Å². The van der Waals surface area contributed by atoms with Crippen molar-refractivity contribution in [1.29, 1.82) is 0 Å². The van der Waals surface area contributed by atoms with Gasteiger partial charge in [-0.05, 0) is 24.0 Å². The van der Waals surface area contributed by atoms with Crippen LogP contribution in [0.15, 0.2) is 24.3 Å². The van der Waals surface area contributed by atoms with E-state index < -0.39 is 6.04 Å². The average molecular weight is 305 g/mol. The van der Waals surface area contributed by atoms with E-state index in [1.807, 2.05) is 12.1 Å². The molecule has 0 aliphatic carbocycles. The molecule has 1 heterocycles. The molecule has 1 aliphatic rings. The number of benzene rings is 1. The molecular weight excluding hydrogens is 278 g/mol. The highest BCUT2D eigenvalue weighted by Crippen LogP contribution is 2.21. The molecule has 1 amide bonds. The Morgan fingerprint density at radius 2 is 2.00 bits per heavy atom. The van der Waals surface area contributed by atoms with E-state index in [0.29, 0.717) is 18.9 Å². The molecule has 5 nitrogen and oxygen atoms in total. The molecule has 1 aliphatic heterocycles. The van der Waals surface area contributed by atoms with Gasteiger partial charge in [0.05, 0.1) is 19.3 Å². The number of hydrogen-bond donors (Lipinski definition) is 2. The first-order valence-corrected chi connectivity index (χ1v) is 8.02. The lowest BCUT2D eigenvalue weighted by atomic mass is 10.0. The number of rotatable bonds is 6.